The Labute approximate surface area is 159 Å². The maximum atomic E-state index is 10.5. The lowest BCUT2D eigenvalue weighted by Gasteiger charge is -2.55. The van der Waals surface area contributed by atoms with Crippen molar-refractivity contribution in [2.75, 3.05) is 13.2 Å². The zero-order valence-electron chi connectivity index (χ0n) is 16.2. The quantitative estimate of drug-likeness (QED) is 0.664. The molecule has 0 radical (unpaired) electrons. The molecule has 1 saturated carbocycles. The number of hydrogen-bond acceptors (Lipinski definition) is 4. The first-order valence-corrected chi connectivity index (χ1v) is 10.3. The van der Waals surface area contributed by atoms with Crippen LogP contribution in [0.2, 0.25) is 0 Å². The molecular formula is C21H30N4O2. The molecule has 0 aromatic carbocycles. The second-order valence-electron chi connectivity index (χ2n) is 9.63. The van der Waals surface area contributed by atoms with E-state index in [1.165, 1.54) is 22.5 Å². The van der Waals surface area contributed by atoms with Gasteiger partial charge in [0.2, 0.25) is 0 Å². The van der Waals surface area contributed by atoms with Crippen molar-refractivity contribution >= 4 is 0 Å². The highest BCUT2D eigenvalue weighted by atomic mass is 16.3. The van der Waals surface area contributed by atoms with Crippen LogP contribution in [0.15, 0.2) is 12.4 Å². The fourth-order valence-corrected chi connectivity index (χ4v) is 6.97. The van der Waals surface area contributed by atoms with Crippen LogP contribution in [0.25, 0.3) is 0 Å². The topological polar surface area (TPSA) is 97.8 Å². The summed E-state index contributed by atoms with van der Waals surface area (Å²) in [6, 6.07) is 0. The number of nitrogens with one attached hydrogen (secondary N) is 2. The molecule has 0 spiro atoms. The van der Waals surface area contributed by atoms with Gasteiger partial charge in [-0.15, -0.1) is 0 Å². The minimum Gasteiger partial charge on any atom is -0.396 e. The molecule has 6 nitrogen and oxygen atoms in total. The average molecular weight is 370 g/mol. The van der Waals surface area contributed by atoms with Gasteiger partial charge in [-0.05, 0) is 72.3 Å². The molecule has 4 N–H and O–H groups in total. The molecule has 2 aromatic heterocycles. The van der Waals surface area contributed by atoms with E-state index in [2.05, 4.69) is 34.2 Å². The molecule has 6 heteroatoms. The second kappa shape index (κ2) is 5.92. The Morgan fingerprint density at radius 1 is 1.04 bits per heavy atom. The number of aromatic nitrogens is 4. The predicted molar refractivity (Wildman–Crippen MR) is 101 cm³/mol. The van der Waals surface area contributed by atoms with Gasteiger partial charge >= 0.3 is 0 Å². The lowest BCUT2D eigenvalue weighted by molar-refractivity contribution is -0.0666. The summed E-state index contributed by atoms with van der Waals surface area (Å²) >= 11 is 0. The highest BCUT2D eigenvalue weighted by Crippen LogP contribution is 2.60. The lowest BCUT2D eigenvalue weighted by atomic mass is 9.49. The molecule has 0 unspecified atom stereocenters. The maximum absolute atomic E-state index is 10.5. The number of hydrogen-bond donors (Lipinski definition) is 4. The van der Waals surface area contributed by atoms with E-state index in [1.807, 2.05) is 12.4 Å². The van der Waals surface area contributed by atoms with E-state index in [0.717, 1.165) is 32.1 Å². The van der Waals surface area contributed by atoms with Gasteiger partial charge in [-0.3, -0.25) is 10.2 Å². The third kappa shape index (κ3) is 2.26. The van der Waals surface area contributed by atoms with Crippen LogP contribution in [-0.2, 0) is 24.7 Å². The van der Waals surface area contributed by atoms with E-state index in [1.54, 1.807) is 0 Å². The van der Waals surface area contributed by atoms with Crippen LogP contribution in [0.1, 0.15) is 49.2 Å². The van der Waals surface area contributed by atoms with Gasteiger partial charge in [-0.25, -0.2) is 0 Å². The van der Waals surface area contributed by atoms with E-state index in [9.17, 15) is 10.2 Å². The Hall–Kier alpha value is -1.66. The predicted octanol–water partition coefficient (Wildman–Crippen LogP) is 1.99. The zero-order valence-corrected chi connectivity index (χ0v) is 16.2. The van der Waals surface area contributed by atoms with Crippen molar-refractivity contribution < 1.29 is 10.2 Å². The Morgan fingerprint density at radius 2 is 1.81 bits per heavy atom. The standard InChI is InChI=1S/C21H30N4O2/c1-20-4-3-16(15(11-27)17(20)5-12-8-23-25-19(12)20)21(2)7-13-9-22-24-18(13)6-14(21)10-26/h8-9,14-17,26-27H,3-7,10-11H2,1-2H3,(H,22,24)(H,23,25)/t14-,15-,16+,17+,20+,21+/m1/s1. The van der Waals surface area contributed by atoms with E-state index >= 15 is 0 Å². The van der Waals surface area contributed by atoms with Gasteiger partial charge in [0.25, 0.3) is 0 Å². The first-order valence-electron chi connectivity index (χ1n) is 10.3. The summed E-state index contributed by atoms with van der Waals surface area (Å²) in [6.45, 7) is 5.10. The number of rotatable bonds is 3. The number of fused-ring (bicyclic) bond motifs is 4. The van der Waals surface area contributed by atoms with Crippen molar-refractivity contribution in [1.29, 1.82) is 0 Å². The fraction of sp³-hybridized carbons (Fsp3) is 0.714. The zero-order chi connectivity index (χ0) is 18.8. The van der Waals surface area contributed by atoms with Crippen LogP contribution in [0.5, 0.6) is 0 Å². The number of aliphatic hydroxyl groups is 2. The Balaban J connectivity index is 1.51. The van der Waals surface area contributed by atoms with Crippen LogP contribution in [0, 0.1) is 29.1 Å². The second-order valence-corrected chi connectivity index (χ2v) is 9.63. The molecule has 2 heterocycles. The van der Waals surface area contributed by atoms with Crippen LogP contribution in [-0.4, -0.2) is 43.8 Å². The molecule has 3 aliphatic rings. The van der Waals surface area contributed by atoms with Crippen molar-refractivity contribution in [2.24, 2.45) is 29.1 Å². The number of aliphatic hydroxyl groups excluding tert-OH is 2. The van der Waals surface area contributed by atoms with E-state index in [-0.39, 0.29) is 35.9 Å². The Kier molecular flexibility index (Phi) is 3.82. The van der Waals surface area contributed by atoms with Crippen molar-refractivity contribution in [3.8, 4) is 0 Å². The van der Waals surface area contributed by atoms with E-state index in [4.69, 9.17) is 0 Å². The molecule has 0 amide bonds. The summed E-state index contributed by atoms with van der Waals surface area (Å²) in [5, 5.41) is 35.6. The van der Waals surface area contributed by atoms with Gasteiger partial charge in [0.1, 0.15) is 0 Å². The molecule has 3 aliphatic carbocycles. The molecule has 0 bridgehead atoms. The summed E-state index contributed by atoms with van der Waals surface area (Å²) < 4.78 is 0. The summed E-state index contributed by atoms with van der Waals surface area (Å²) in [5.41, 5.74) is 5.13. The van der Waals surface area contributed by atoms with Crippen LogP contribution in [0.3, 0.4) is 0 Å². The van der Waals surface area contributed by atoms with Crippen molar-refractivity contribution in [3.63, 3.8) is 0 Å². The highest BCUT2D eigenvalue weighted by Gasteiger charge is 2.57. The number of nitrogens with zero attached hydrogens (tertiary/aromatic N) is 2. The Bertz CT molecular complexity index is 845. The van der Waals surface area contributed by atoms with Crippen molar-refractivity contribution in [2.45, 2.75) is 51.4 Å². The summed E-state index contributed by atoms with van der Waals surface area (Å²) in [7, 11) is 0. The molecule has 0 saturated heterocycles. The van der Waals surface area contributed by atoms with Gasteiger partial charge in [-0.1, -0.05) is 13.8 Å². The Morgan fingerprint density at radius 3 is 2.59 bits per heavy atom. The number of H-pyrrole nitrogens is 2. The largest absolute Gasteiger partial charge is 0.396 e. The average Bonchev–Trinajstić information content (AvgIpc) is 3.35. The van der Waals surface area contributed by atoms with Crippen molar-refractivity contribution in [3.05, 3.63) is 34.9 Å². The first kappa shape index (κ1) is 17.4. The molecule has 0 aliphatic heterocycles. The molecule has 5 rings (SSSR count). The molecule has 6 atom stereocenters. The summed E-state index contributed by atoms with van der Waals surface area (Å²) in [4.78, 5) is 0. The maximum Gasteiger partial charge on any atom is 0.0522 e. The van der Waals surface area contributed by atoms with Crippen LogP contribution >= 0.6 is 0 Å². The molecule has 27 heavy (non-hydrogen) atoms. The minimum absolute atomic E-state index is 0.0189. The third-order valence-corrected chi connectivity index (χ3v) is 8.60. The first-order chi connectivity index (χ1) is 13.0. The van der Waals surface area contributed by atoms with Crippen molar-refractivity contribution in [1.82, 2.24) is 20.4 Å². The van der Waals surface area contributed by atoms with E-state index < -0.39 is 0 Å². The molecule has 146 valence electrons. The SMILES string of the molecule is C[C@]1([C@H]2CC[C@]3(C)c4[nH]ncc4C[C@H]3[C@@H]2CO)Cc2cn[nH]c2C[C@@H]1CO. The van der Waals surface area contributed by atoms with Gasteiger partial charge in [-0.2, -0.15) is 10.2 Å². The summed E-state index contributed by atoms with van der Waals surface area (Å²) in [5.74, 6) is 1.29. The number of aromatic amines is 2. The van der Waals surface area contributed by atoms with Gasteiger partial charge < -0.3 is 10.2 Å². The van der Waals surface area contributed by atoms with Crippen LogP contribution in [0.4, 0.5) is 0 Å². The third-order valence-electron chi connectivity index (χ3n) is 8.60. The molecule has 1 fully saturated rings. The normalized spacial score (nSPS) is 40.4. The van der Waals surface area contributed by atoms with Gasteiger partial charge in [0.15, 0.2) is 0 Å². The molecular weight excluding hydrogens is 340 g/mol. The monoisotopic (exact) mass is 370 g/mol. The van der Waals surface area contributed by atoms with Gasteiger partial charge in [0, 0.05) is 30.0 Å². The summed E-state index contributed by atoms with van der Waals surface area (Å²) in [6.07, 6.45) is 8.90. The van der Waals surface area contributed by atoms with Crippen LogP contribution < -0.4 is 0 Å². The molecule has 2 aromatic rings. The minimum atomic E-state index is -0.0189. The van der Waals surface area contributed by atoms with Gasteiger partial charge in [0.05, 0.1) is 12.4 Å². The fourth-order valence-electron chi connectivity index (χ4n) is 6.97. The highest BCUT2D eigenvalue weighted by molar-refractivity contribution is 5.35. The lowest BCUT2D eigenvalue weighted by Crippen LogP contribution is -2.53. The smallest absolute Gasteiger partial charge is 0.0522 e. The van der Waals surface area contributed by atoms with E-state index in [0.29, 0.717) is 11.8 Å².